The van der Waals surface area contributed by atoms with Crippen molar-refractivity contribution in [2.75, 3.05) is 5.32 Å². The van der Waals surface area contributed by atoms with Crippen LogP contribution in [-0.2, 0) is 0 Å². The number of carboxylic acids is 1. The minimum absolute atomic E-state index is 0.126. The SMILES string of the molecule is Cc1ccc(C(=O)NC(=S)Nc2ccc(-c3ccc(C(=O)O)o3)c(Cl)c2)cc1. The molecular formula is C20H15ClN2O4S. The van der Waals surface area contributed by atoms with Crippen molar-refractivity contribution in [3.63, 3.8) is 0 Å². The van der Waals surface area contributed by atoms with Crippen molar-refractivity contribution >= 4 is 46.5 Å². The smallest absolute Gasteiger partial charge is 0.371 e. The third kappa shape index (κ3) is 4.57. The molecule has 0 atom stereocenters. The maximum Gasteiger partial charge on any atom is 0.371 e. The van der Waals surface area contributed by atoms with E-state index in [1.54, 1.807) is 30.3 Å². The molecule has 1 heterocycles. The molecule has 1 aromatic heterocycles. The number of anilines is 1. The number of nitrogens with one attached hydrogen (secondary N) is 2. The highest BCUT2D eigenvalue weighted by molar-refractivity contribution is 7.80. The van der Waals surface area contributed by atoms with Gasteiger partial charge in [-0.2, -0.15) is 0 Å². The summed E-state index contributed by atoms with van der Waals surface area (Å²) in [6.45, 7) is 1.94. The van der Waals surface area contributed by atoms with Crippen molar-refractivity contribution in [1.82, 2.24) is 5.32 Å². The Labute approximate surface area is 171 Å². The Morgan fingerprint density at radius 3 is 2.39 bits per heavy atom. The normalized spacial score (nSPS) is 10.4. The maximum atomic E-state index is 12.2. The Bertz CT molecular complexity index is 1060. The van der Waals surface area contributed by atoms with E-state index in [0.717, 1.165) is 5.56 Å². The van der Waals surface area contributed by atoms with Gasteiger partial charge in [-0.3, -0.25) is 10.1 Å². The molecule has 0 fully saturated rings. The summed E-state index contributed by atoms with van der Waals surface area (Å²) in [7, 11) is 0. The van der Waals surface area contributed by atoms with Crippen molar-refractivity contribution in [2.45, 2.75) is 6.92 Å². The van der Waals surface area contributed by atoms with Crippen molar-refractivity contribution < 1.29 is 19.1 Å². The fraction of sp³-hybridized carbons (Fsp3) is 0.0500. The summed E-state index contributed by atoms with van der Waals surface area (Å²) in [5.74, 6) is -1.32. The van der Waals surface area contributed by atoms with Crippen LogP contribution >= 0.6 is 23.8 Å². The lowest BCUT2D eigenvalue weighted by Crippen LogP contribution is -2.34. The number of halogens is 1. The second kappa shape index (κ2) is 8.24. The van der Waals surface area contributed by atoms with Crippen LogP contribution in [0.1, 0.15) is 26.5 Å². The lowest BCUT2D eigenvalue weighted by atomic mass is 10.1. The van der Waals surface area contributed by atoms with E-state index in [1.165, 1.54) is 12.1 Å². The minimum Gasteiger partial charge on any atom is -0.475 e. The van der Waals surface area contributed by atoms with E-state index in [0.29, 0.717) is 27.6 Å². The Morgan fingerprint density at radius 2 is 1.79 bits per heavy atom. The van der Waals surface area contributed by atoms with Gasteiger partial charge in [-0.15, -0.1) is 0 Å². The monoisotopic (exact) mass is 414 g/mol. The van der Waals surface area contributed by atoms with E-state index in [-0.39, 0.29) is 16.8 Å². The number of amides is 1. The number of carboxylic acid groups (broad SMARTS) is 1. The van der Waals surface area contributed by atoms with E-state index in [4.69, 9.17) is 33.3 Å². The van der Waals surface area contributed by atoms with Crippen LogP contribution in [0.4, 0.5) is 5.69 Å². The molecule has 3 N–H and O–H groups in total. The van der Waals surface area contributed by atoms with E-state index in [1.807, 2.05) is 19.1 Å². The summed E-state index contributed by atoms with van der Waals surface area (Å²) in [4.78, 5) is 23.1. The highest BCUT2D eigenvalue weighted by Gasteiger charge is 2.14. The van der Waals surface area contributed by atoms with E-state index in [2.05, 4.69) is 10.6 Å². The van der Waals surface area contributed by atoms with Crippen molar-refractivity contribution in [3.05, 3.63) is 76.5 Å². The molecule has 2 aromatic carbocycles. The maximum absolute atomic E-state index is 12.2. The Morgan fingerprint density at radius 1 is 1.07 bits per heavy atom. The quantitative estimate of drug-likeness (QED) is 0.534. The number of thiocarbonyl (C=S) groups is 1. The van der Waals surface area contributed by atoms with Crippen molar-refractivity contribution in [2.24, 2.45) is 0 Å². The molecule has 142 valence electrons. The highest BCUT2D eigenvalue weighted by Crippen LogP contribution is 2.31. The number of carbonyl (C=O) groups excluding carboxylic acids is 1. The molecule has 1 amide bonds. The fourth-order valence-corrected chi connectivity index (χ4v) is 2.92. The van der Waals surface area contributed by atoms with Crippen LogP contribution in [0.5, 0.6) is 0 Å². The number of rotatable bonds is 4. The van der Waals surface area contributed by atoms with Gasteiger partial charge in [0.15, 0.2) is 5.11 Å². The summed E-state index contributed by atoms with van der Waals surface area (Å²) in [6.07, 6.45) is 0. The van der Waals surface area contributed by atoms with E-state index >= 15 is 0 Å². The zero-order valence-corrected chi connectivity index (χ0v) is 16.2. The fourth-order valence-electron chi connectivity index (χ4n) is 2.43. The highest BCUT2D eigenvalue weighted by atomic mass is 35.5. The van der Waals surface area contributed by atoms with Crippen LogP contribution in [0, 0.1) is 6.92 Å². The van der Waals surface area contributed by atoms with E-state index < -0.39 is 5.97 Å². The lowest BCUT2D eigenvalue weighted by molar-refractivity contribution is 0.0663. The zero-order valence-electron chi connectivity index (χ0n) is 14.7. The number of hydrogen-bond acceptors (Lipinski definition) is 4. The summed E-state index contributed by atoms with van der Waals surface area (Å²) < 4.78 is 5.26. The van der Waals surface area contributed by atoms with Gasteiger partial charge in [0.05, 0.1) is 5.02 Å². The number of aryl methyl sites for hydroxylation is 1. The summed E-state index contributed by atoms with van der Waals surface area (Å²) in [5.41, 5.74) is 2.65. The van der Waals surface area contributed by atoms with Crippen molar-refractivity contribution in [3.8, 4) is 11.3 Å². The molecule has 0 saturated heterocycles. The number of benzene rings is 2. The number of hydrogen-bond donors (Lipinski definition) is 3. The second-order valence-electron chi connectivity index (χ2n) is 5.94. The molecular weight excluding hydrogens is 400 g/mol. The molecule has 0 aliphatic heterocycles. The molecule has 0 radical (unpaired) electrons. The van der Waals surface area contributed by atoms with E-state index in [9.17, 15) is 9.59 Å². The molecule has 28 heavy (non-hydrogen) atoms. The first-order chi connectivity index (χ1) is 13.3. The summed E-state index contributed by atoms with van der Waals surface area (Å²) in [6, 6.07) is 15.0. The summed E-state index contributed by atoms with van der Waals surface area (Å²) in [5, 5.41) is 14.9. The average Bonchev–Trinajstić information content (AvgIpc) is 3.12. The molecule has 6 nitrogen and oxygen atoms in total. The number of furan rings is 1. The second-order valence-corrected chi connectivity index (χ2v) is 6.75. The van der Waals surface area contributed by atoms with Gasteiger partial charge in [0.2, 0.25) is 5.76 Å². The number of aromatic carboxylic acids is 1. The topological polar surface area (TPSA) is 91.6 Å². The largest absolute Gasteiger partial charge is 0.475 e. The molecule has 0 bridgehead atoms. The van der Waals surface area contributed by atoms with Gasteiger partial charge in [-0.05, 0) is 61.6 Å². The first-order valence-electron chi connectivity index (χ1n) is 8.15. The molecule has 0 saturated carbocycles. The Balaban J connectivity index is 1.68. The van der Waals surface area contributed by atoms with Crippen LogP contribution in [0.15, 0.2) is 59.0 Å². The average molecular weight is 415 g/mol. The molecule has 0 unspecified atom stereocenters. The molecule has 3 aromatic rings. The van der Waals surface area contributed by atoms with Crippen LogP contribution in [0.3, 0.4) is 0 Å². The van der Waals surface area contributed by atoms with Gasteiger partial charge in [0.25, 0.3) is 5.91 Å². The molecule has 3 rings (SSSR count). The minimum atomic E-state index is -1.16. The number of carbonyl (C=O) groups is 2. The molecule has 8 heteroatoms. The van der Waals surface area contributed by atoms with Crippen LogP contribution in [0.2, 0.25) is 5.02 Å². The van der Waals surface area contributed by atoms with Gasteiger partial charge in [0, 0.05) is 16.8 Å². The third-order valence-electron chi connectivity index (χ3n) is 3.85. The first kappa shape index (κ1) is 19.6. The van der Waals surface area contributed by atoms with Gasteiger partial charge in [-0.25, -0.2) is 4.79 Å². The molecule has 0 spiro atoms. The Kier molecular flexibility index (Phi) is 5.77. The predicted octanol–water partition coefficient (Wildman–Crippen LogP) is 4.73. The molecule has 0 aliphatic carbocycles. The van der Waals surface area contributed by atoms with Gasteiger partial charge < -0.3 is 14.8 Å². The van der Waals surface area contributed by atoms with Crippen LogP contribution in [-0.4, -0.2) is 22.1 Å². The van der Waals surface area contributed by atoms with Gasteiger partial charge >= 0.3 is 5.97 Å². The van der Waals surface area contributed by atoms with Crippen LogP contribution in [0.25, 0.3) is 11.3 Å². The Hall–Kier alpha value is -3.16. The predicted molar refractivity (Wildman–Crippen MR) is 111 cm³/mol. The summed E-state index contributed by atoms with van der Waals surface area (Å²) >= 11 is 11.4. The van der Waals surface area contributed by atoms with Gasteiger partial charge in [0.1, 0.15) is 5.76 Å². The first-order valence-corrected chi connectivity index (χ1v) is 8.94. The third-order valence-corrected chi connectivity index (χ3v) is 4.37. The molecule has 0 aliphatic rings. The lowest BCUT2D eigenvalue weighted by Gasteiger charge is -2.11. The zero-order chi connectivity index (χ0) is 20.3. The van der Waals surface area contributed by atoms with Crippen LogP contribution < -0.4 is 10.6 Å². The van der Waals surface area contributed by atoms with Gasteiger partial charge in [-0.1, -0.05) is 29.3 Å². The van der Waals surface area contributed by atoms with Crippen molar-refractivity contribution in [1.29, 1.82) is 0 Å². The standard InChI is InChI=1S/C20H15ClN2O4S/c1-11-2-4-12(5-3-11)18(24)23-20(28)22-13-6-7-14(15(21)10-13)16-8-9-17(27-16)19(25)26/h2-10H,1H3,(H,25,26)(H2,22,23,24,28).